The molecular weight excluding hydrogens is 406 g/mol. The topological polar surface area (TPSA) is 49.8 Å². The smallest absolute Gasteiger partial charge is 0.304 e. The van der Waals surface area contributed by atoms with Crippen molar-refractivity contribution in [3.63, 3.8) is 0 Å². The molecule has 160 valence electrons. The van der Waals surface area contributed by atoms with E-state index in [0.717, 1.165) is 30.0 Å². The van der Waals surface area contributed by atoms with Gasteiger partial charge in [0, 0.05) is 13.1 Å². The van der Waals surface area contributed by atoms with Crippen molar-refractivity contribution in [3.8, 4) is 17.6 Å². The van der Waals surface area contributed by atoms with Gasteiger partial charge in [0.1, 0.15) is 12.4 Å². The molecule has 0 saturated carbocycles. The monoisotopic (exact) mass is 433 g/mol. The Kier molecular flexibility index (Phi) is 8.28. The number of benzene rings is 2. The summed E-state index contributed by atoms with van der Waals surface area (Å²) in [6.07, 6.45) is -0.00527. The lowest BCUT2D eigenvalue weighted by atomic mass is 9.96. The number of carboxylic acid groups (broad SMARTS) is 1. The number of ether oxygens (including phenoxy) is 1. The van der Waals surface area contributed by atoms with E-state index in [9.17, 15) is 4.79 Å². The highest BCUT2D eigenvalue weighted by Crippen LogP contribution is 2.23. The van der Waals surface area contributed by atoms with Crippen LogP contribution in [0, 0.1) is 11.8 Å². The molecule has 3 rings (SSSR count). The first-order valence-electron chi connectivity index (χ1n) is 10.2. The summed E-state index contributed by atoms with van der Waals surface area (Å²) in [6.45, 7) is 4.01. The second-order valence-electron chi connectivity index (χ2n) is 7.53. The molecule has 4 nitrogen and oxygen atoms in total. The molecule has 1 aromatic heterocycles. The van der Waals surface area contributed by atoms with Gasteiger partial charge in [-0.3, -0.25) is 9.69 Å². The summed E-state index contributed by atoms with van der Waals surface area (Å²) in [6, 6.07) is 18.1. The second-order valence-corrected chi connectivity index (χ2v) is 8.31. The summed E-state index contributed by atoms with van der Waals surface area (Å²) in [4.78, 5) is 13.4. The minimum absolute atomic E-state index is 0.00527. The van der Waals surface area contributed by atoms with E-state index < -0.39 is 5.97 Å². The summed E-state index contributed by atoms with van der Waals surface area (Å²) in [7, 11) is 2.13. The molecule has 0 spiro atoms. The average Bonchev–Trinajstić information content (AvgIpc) is 3.25. The van der Waals surface area contributed by atoms with Crippen molar-refractivity contribution in [1.29, 1.82) is 0 Å². The number of aliphatic carboxylic acids is 1. The van der Waals surface area contributed by atoms with Crippen molar-refractivity contribution in [3.05, 3.63) is 87.6 Å². The lowest BCUT2D eigenvalue weighted by molar-refractivity contribution is -0.137. The molecule has 31 heavy (non-hydrogen) atoms. The maximum absolute atomic E-state index is 11.1. The van der Waals surface area contributed by atoms with Crippen LogP contribution in [0.3, 0.4) is 0 Å². The van der Waals surface area contributed by atoms with E-state index >= 15 is 0 Å². The van der Waals surface area contributed by atoms with Gasteiger partial charge < -0.3 is 9.84 Å². The van der Waals surface area contributed by atoms with Gasteiger partial charge in [0.05, 0.1) is 12.3 Å². The first-order valence-corrected chi connectivity index (χ1v) is 11.1. The summed E-state index contributed by atoms with van der Waals surface area (Å²) >= 11 is 1.73. The molecule has 1 atom stereocenters. The zero-order valence-electron chi connectivity index (χ0n) is 17.9. The molecule has 0 amide bonds. The van der Waals surface area contributed by atoms with Crippen molar-refractivity contribution in [1.82, 2.24) is 4.90 Å². The van der Waals surface area contributed by atoms with Crippen molar-refractivity contribution in [2.75, 3.05) is 7.05 Å². The number of rotatable bonds is 10. The van der Waals surface area contributed by atoms with Crippen molar-refractivity contribution >= 4 is 17.3 Å². The summed E-state index contributed by atoms with van der Waals surface area (Å²) in [5.41, 5.74) is 4.60. The van der Waals surface area contributed by atoms with Crippen LogP contribution >= 0.6 is 11.3 Å². The Morgan fingerprint density at radius 1 is 1.10 bits per heavy atom. The van der Waals surface area contributed by atoms with Crippen LogP contribution < -0.4 is 4.74 Å². The Morgan fingerprint density at radius 2 is 1.84 bits per heavy atom. The summed E-state index contributed by atoms with van der Waals surface area (Å²) in [5.74, 6) is 5.38. The SMILES string of the molecule is CC#C[C@@H](CC(=O)O)c1ccc(OCc2cccc(CN(C)Cc3ccsc3)c2)cc1. The molecule has 2 aromatic carbocycles. The molecule has 1 N–H and O–H groups in total. The number of nitrogens with zero attached hydrogens (tertiary/aromatic N) is 1. The molecule has 0 unspecified atom stereocenters. The predicted molar refractivity (Wildman–Crippen MR) is 125 cm³/mol. The number of hydrogen-bond donors (Lipinski definition) is 1. The molecule has 0 aliphatic rings. The zero-order valence-corrected chi connectivity index (χ0v) is 18.7. The maximum Gasteiger partial charge on any atom is 0.304 e. The van der Waals surface area contributed by atoms with E-state index in [4.69, 9.17) is 9.84 Å². The van der Waals surface area contributed by atoms with Crippen molar-refractivity contribution in [2.45, 2.75) is 39.0 Å². The third-order valence-electron chi connectivity index (χ3n) is 4.86. The fourth-order valence-corrected chi connectivity index (χ4v) is 4.10. The fraction of sp³-hybridized carbons (Fsp3) is 0.269. The third-order valence-corrected chi connectivity index (χ3v) is 5.59. The van der Waals surface area contributed by atoms with Gasteiger partial charge in [-0.05, 0) is 65.2 Å². The van der Waals surface area contributed by atoms with Crippen molar-refractivity contribution in [2.24, 2.45) is 0 Å². The molecular formula is C26H27NO3S. The normalized spacial score (nSPS) is 11.6. The Balaban J connectivity index is 1.56. The Morgan fingerprint density at radius 3 is 2.52 bits per heavy atom. The quantitative estimate of drug-likeness (QED) is 0.427. The molecule has 0 radical (unpaired) electrons. The van der Waals surface area contributed by atoms with Crippen LogP contribution in [0.5, 0.6) is 5.75 Å². The van der Waals surface area contributed by atoms with Crippen LogP contribution in [0.25, 0.3) is 0 Å². The minimum atomic E-state index is -0.853. The Hall–Kier alpha value is -3.07. The molecule has 0 aliphatic heterocycles. The molecule has 0 bridgehead atoms. The van der Waals surface area contributed by atoms with Gasteiger partial charge in [-0.1, -0.05) is 42.3 Å². The van der Waals surface area contributed by atoms with Crippen LogP contribution in [0.1, 0.15) is 41.5 Å². The highest BCUT2D eigenvalue weighted by Gasteiger charge is 2.13. The van der Waals surface area contributed by atoms with Gasteiger partial charge in [0.2, 0.25) is 0 Å². The van der Waals surface area contributed by atoms with Gasteiger partial charge in [-0.2, -0.15) is 11.3 Å². The van der Waals surface area contributed by atoms with Gasteiger partial charge in [-0.25, -0.2) is 0 Å². The summed E-state index contributed by atoms with van der Waals surface area (Å²) in [5, 5.41) is 13.4. The lowest BCUT2D eigenvalue weighted by Gasteiger charge is -2.16. The van der Waals surface area contributed by atoms with Gasteiger partial charge >= 0.3 is 5.97 Å². The minimum Gasteiger partial charge on any atom is -0.489 e. The summed E-state index contributed by atoms with van der Waals surface area (Å²) < 4.78 is 5.95. The van der Waals surface area contributed by atoms with E-state index in [1.54, 1.807) is 18.3 Å². The Bertz CT molecular complexity index is 1030. The van der Waals surface area contributed by atoms with E-state index in [0.29, 0.717) is 6.61 Å². The lowest BCUT2D eigenvalue weighted by Crippen LogP contribution is -2.16. The van der Waals surface area contributed by atoms with Crippen LogP contribution in [-0.4, -0.2) is 23.0 Å². The maximum atomic E-state index is 11.1. The largest absolute Gasteiger partial charge is 0.489 e. The highest BCUT2D eigenvalue weighted by atomic mass is 32.1. The molecule has 0 aliphatic carbocycles. The fourth-order valence-electron chi connectivity index (χ4n) is 3.44. The van der Waals surface area contributed by atoms with E-state index in [1.165, 1.54) is 11.1 Å². The third kappa shape index (κ3) is 7.29. The Labute approximate surface area is 188 Å². The van der Waals surface area contributed by atoms with Crippen LogP contribution in [0.4, 0.5) is 0 Å². The molecule has 3 aromatic rings. The van der Waals surface area contributed by atoms with Crippen LogP contribution in [0.2, 0.25) is 0 Å². The highest BCUT2D eigenvalue weighted by molar-refractivity contribution is 7.07. The molecule has 0 saturated heterocycles. The second kappa shape index (κ2) is 11.4. The van der Waals surface area contributed by atoms with Gasteiger partial charge in [0.25, 0.3) is 0 Å². The molecule has 5 heteroatoms. The number of carbonyl (C=O) groups is 1. The van der Waals surface area contributed by atoms with E-state index in [1.807, 2.05) is 24.3 Å². The predicted octanol–water partition coefficient (Wildman–Crippen LogP) is 5.54. The molecule has 1 heterocycles. The van der Waals surface area contributed by atoms with Gasteiger partial charge in [-0.15, -0.1) is 5.92 Å². The van der Waals surface area contributed by atoms with E-state index in [2.05, 4.69) is 64.9 Å². The first-order chi connectivity index (χ1) is 15.0. The van der Waals surface area contributed by atoms with Crippen LogP contribution in [-0.2, 0) is 24.5 Å². The molecule has 0 fully saturated rings. The van der Waals surface area contributed by atoms with E-state index in [-0.39, 0.29) is 12.3 Å². The number of thiophene rings is 1. The van der Waals surface area contributed by atoms with Crippen molar-refractivity contribution < 1.29 is 14.6 Å². The average molecular weight is 434 g/mol. The zero-order chi connectivity index (χ0) is 22.1. The van der Waals surface area contributed by atoms with Crippen LogP contribution in [0.15, 0.2) is 65.4 Å². The standard InChI is InChI=1S/C26H27NO3S/c1-3-5-24(15-26(28)29)23-8-10-25(11-9-23)30-18-21-7-4-6-20(14-21)16-27(2)17-22-12-13-31-19-22/h4,6-14,19,24H,15-18H2,1-2H3,(H,28,29)/t24-/m0/s1. The number of carboxylic acids is 1. The van der Waals surface area contributed by atoms with Gasteiger partial charge in [0.15, 0.2) is 0 Å². The first kappa shape index (κ1) is 22.6. The number of hydrogen-bond acceptors (Lipinski definition) is 4.